The van der Waals surface area contributed by atoms with E-state index in [1.807, 2.05) is 0 Å². The molecular weight excluding hydrogens is 354 g/mol. The van der Waals surface area contributed by atoms with Crippen molar-refractivity contribution < 1.29 is 29.6 Å². The second-order valence-corrected chi connectivity index (χ2v) is 5.58. The summed E-state index contributed by atoms with van der Waals surface area (Å²) < 4.78 is 5.26. The zero-order chi connectivity index (χ0) is 18.6. The third-order valence-corrected chi connectivity index (χ3v) is 3.77. The van der Waals surface area contributed by atoms with Gasteiger partial charge in [0, 0.05) is 18.0 Å². The molecule has 1 aromatic carbocycles. The number of benzene rings is 1. The Kier molecular flexibility index (Phi) is 5.88. The summed E-state index contributed by atoms with van der Waals surface area (Å²) in [5, 5.41) is 38.6. The van der Waals surface area contributed by atoms with Gasteiger partial charge in [0.15, 0.2) is 0 Å². The quantitative estimate of drug-likeness (QED) is 0.306. The van der Waals surface area contributed by atoms with E-state index in [4.69, 9.17) is 5.26 Å². The minimum atomic E-state index is -1.23. The SMILES string of the molecule is Cc1cc(=O)n(C)c(O)c1N=Nc1cc(SOOO)ccc1C(=O)O. The first-order chi connectivity index (χ1) is 11.8. The lowest BCUT2D eigenvalue weighted by Crippen LogP contribution is -2.15. The van der Waals surface area contributed by atoms with Crippen molar-refractivity contribution in [3.8, 4) is 5.88 Å². The van der Waals surface area contributed by atoms with E-state index in [1.54, 1.807) is 6.92 Å². The van der Waals surface area contributed by atoms with Crippen LogP contribution in [0.1, 0.15) is 15.9 Å². The summed E-state index contributed by atoms with van der Waals surface area (Å²) in [5.74, 6) is -1.63. The molecule has 0 aliphatic rings. The van der Waals surface area contributed by atoms with Gasteiger partial charge in [-0.2, -0.15) is 0 Å². The van der Waals surface area contributed by atoms with Gasteiger partial charge in [-0.1, -0.05) is 5.04 Å². The van der Waals surface area contributed by atoms with Gasteiger partial charge in [0.05, 0.1) is 17.6 Å². The molecule has 0 atom stereocenters. The summed E-state index contributed by atoms with van der Waals surface area (Å²) >= 11 is 0.626. The van der Waals surface area contributed by atoms with Crippen molar-refractivity contribution in [2.75, 3.05) is 0 Å². The molecule has 11 heteroatoms. The van der Waals surface area contributed by atoms with E-state index in [1.165, 1.54) is 31.3 Å². The van der Waals surface area contributed by atoms with Crippen LogP contribution in [-0.2, 0) is 16.4 Å². The van der Waals surface area contributed by atoms with Crippen molar-refractivity contribution in [3.63, 3.8) is 0 Å². The molecule has 0 saturated carbocycles. The Hall–Kier alpha value is -2.73. The van der Waals surface area contributed by atoms with Crippen molar-refractivity contribution >= 4 is 29.4 Å². The average Bonchev–Trinajstić information content (AvgIpc) is 2.57. The Bertz CT molecular complexity index is 895. The second kappa shape index (κ2) is 7.90. The minimum Gasteiger partial charge on any atom is -0.493 e. The smallest absolute Gasteiger partial charge is 0.337 e. The van der Waals surface area contributed by atoms with Gasteiger partial charge in [-0.15, -0.1) is 14.6 Å². The predicted molar refractivity (Wildman–Crippen MR) is 86.3 cm³/mol. The van der Waals surface area contributed by atoms with Crippen LogP contribution in [0.3, 0.4) is 0 Å². The molecule has 0 aliphatic heterocycles. The molecule has 0 saturated heterocycles. The molecule has 0 radical (unpaired) electrons. The first-order valence-electron chi connectivity index (χ1n) is 6.68. The highest BCUT2D eigenvalue weighted by molar-refractivity contribution is 7.94. The first-order valence-corrected chi connectivity index (χ1v) is 7.42. The summed E-state index contributed by atoms with van der Waals surface area (Å²) in [4.78, 5) is 23.3. The second-order valence-electron chi connectivity index (χ2n) is 4.81. The van der Waals surface area contributed by atoms with Gasteiger partial charge >= 0.3 is 5.97 Å². The van der Waals surface area contributed by atoms with Gasteiger partial charge in [-0.05, 0) is 30.7 Å². The van der Waals surface area contributed by atoms with Crippen LogP contribution in [0.15, 0.2) is 44.2 Å². The van der Waals surface area contributed by atoms with Crippen LogP contribution in [0.4, 0.5) is 11.4 Å². The lowest BCUT2D eigenvalue weighted by molar-refractivity contribution is -0.432. The van der Waals surface area contributed by atoms with Gasteiger partial charge in [0.25, 0.3) is 5.56 Å². The molecule has 3 N–H and O–H groups in total. The van der Waals surface area contributed by atoms with Crippen LogP contribution in [0, 0.1) is 6.92 Å². The number of aromatic nitrogens is 1. The predicted octanol–water partition coefficient (Wildman–Crippen LogP) is 2.94. The van der Waals surface area contributed by atoms with Crippen LogP contribution in [-0.4, -0.2) is 26.0 Å². The van der Waals surface area contributed by atoms with Crippen LogP contribution in [0.25, 0.3) is 0 Å². The van der Waals surface area contributed by atoms with Crippen LogP contribution >= 0.6 is 12.0 Å². The van der Waals surface area contributed by atoms with Crippen LogP contribution in [0.2, 0.25) is 0 Å². The van der Waals surface area contributed by atoms with Crippen LogP contribution in [0.5, 0.6) is 5.88 Å². The summed E-state index contributed by atoms with van der Waals surface area (Å²) in [6.45, 7) is 1.56. The molecule has 2 rings (SSSR count). The van der Waals surface area contributed by atoms with E-state index in [2.05, 4.69) is 19.6 Å². The third-order valence-electron chi connectivity index (χ3n) is 3.19. The van der Waals surface area contributed by atoms with Gasteiger partial charge in [-0.3, -0.25) is 9.36 Å². The Morgan fingerprint density at radius 2 is 2.00 bits per heavy atom. The maximum Gasteiger partial charge on any atom is 0.337 e. The minimum absolute atomic E-state index is 0.0216. The third kappa shape index (κ3) is 4.22. The number of rotatable bonds is 6. The molecule has 0 bridgehead atoms. The van der Waals surface area contributed by atoms with Crippen molar-refractivity contribution in [2.45, 2.75) is 11.8 Å². The van der Waals surface area contributed by atoms with E-state index in [0.29, 0.717) is 22.5 Å². The molecular formula is C14H13N3O7S. The van der Waals surface area contributed by atoms with Gasteiger partial charge in [0.1, 0.15) is 11.4 Å². The summed E-state index contributed by atoms with van der Waals surface area (Å²) in [5.41, 5.74) is -0.165. The van der Waals surface area contributed by atoms with Crippen molar-refractivity contribution in [3.05, 3.63) is 45.7 Å². The fraction of sp³-hybridized carbons (Fsp3) is 0.143. The number of azo groups is 1. The maximum atomic E-state index is 11.6. The first kappa shape index (κ1) is 18.6. The van der Waals surface area contributed by atoms with E-state index < -0.39 is 17.4 Å². The molecule has 0 fully saturated rings. The number of aromatic hydroxyl groups is 1. The number of aryl methyl sites for hydroxylation is 1. The Morgan fingerprint density at radius 3 is 2.64 bits per heavy atom. The van der Waals surface area contributed by atoms with Gasteiger partial charge in [-0.25, -0.2) is 10.1 Å². The molecule has 0 aliphatic carbocycles. The fourth-order valence-electron chi connectivity index (χ4n) is 1.90. The van der Waals surface area contributed by atoms with Crippen LogP contribution < -0.4 is 5.56 Å². The Morgan fingerprint density at radius 1 is 1.28 bits per heavy atom. The molecule has 1 heterocycles. The number of hydrogen-bond donors (Lipinski definition) is 3. The number of carbonyl (C=O) groups is 1. The molecule has 2 aromatic rings. The molecule has 1 aromatic heterocycles. The average molecular weight is 367 g/mol. The van der Waals surface area contributed by atoms with E-state index in [9.17, 15) is 19.8 Å². The number of nitrogens with zero attached hydrogens (tertiary/aromatic N) is 3. The van der Waals surface area contributed by atoms with Gasteiger partial charge in [0.2, 0.25) is 5.88 Å². The number of carboxylic acids is 1. The Labute approximate surface area is 145 Å². The highest BCUT2D eigenvalue weighted by atomic mass is 32.2. The highest BCUT2D eigenvalue weighted by Gasteiger charge is 2.13. The standard InChI is InChI=1S/C14H13N3O7S/c1-7-5-11(18)17(2)13(19)12(7)16-15-10-6-8(25-24-23-22)3-4-9(10)14(20)21/h3-6,19,22H,1-2H3,(H,20,21). The number of carboxylic acid groups (broad SMARTS) is 1. The molecule has 25 heavy (non-hydrogen) atoms. The van der Waals surface area contributed by atoms with Crippen molar-refractivity contribution in [1.82, 2.24) is 4.57 Å². The molecule has 132 valence electrons. The summed E-state index contributed by atoms with van der Waals surface area (Å²) in [7, 11) is 1.36. The number of hydrogen-bond acceptors (Lipinski definition) is 9. The number of pyridine rings is 1. The van der Waals surface area contributed by atoms with E-state index in [0.717, 1.165) is 4.57 Å². The normalized spacial score (nSPS) is 11.2. The lowest BCUT2D eigenvalue weighted by Gasteiger charge is -2.07. The monoisotopic (exact) mass is 367 g/mol. The van der Waals surface area contributed by atoms with Crippen molar-refractivity contribution in [1.29, 1.82) is 0 Å². The zero-order valence-corrected chi connectivity index (χ0v) is 13.9. The molecule has 10 nitrogen and oxygen atoms in total. The van der Waals surface area contributed by atoms with E-state index >= 15 is 0 Å². The largest absolute Gasteiger partial charge is 0.493 e. The molecule has 0 spiro atoms. The van der Waals surface area contributed by atoms with Crippen molar-refractivity contribution in [2.24, 2.45) is 17.3 Å². The highest BCUT2D eigenvalue weighted by Crippen LogP contribution is 2.32. The maximum absolute atomic E-state index is 11.6. The van der Waals surface area contributed by atoms with E-state index in [-0.39, 0.29) is 16.9 Å². The fourth-order valence-corrected chi connectivity index (χ4v) is 2.29. The molecule has 0 amide bonds. The zero-order valence-electron chi connectivity index (χ0n) is 13.0. The lowest BCUT2D eigenvalue weighted by atomic mass is 10.2. The topological polar surface area (TPSA) is 143 Å². The summed E-state index contributed by atoms with van der Waals surface area (Å²) in [6, 6.07) is 5.30. The van der Waals surface area contributed by atoms with Gasteiger partial charge < -0.3 is 10.2 Å². The number of aromatic carboxylic acids is 1. The summed E-state index contributed by atoms with van der Waals surface area (Å²) in [6.07, 6.45) is 0. The Balaban J connectivity index is 2.48. The molecule has 0 unspecified atom stereocenters.